The molecule has 0 fully saturated rings. The van der Waals surface area contributed by atoms with Crippen molar-refractivity contribution in [2.75, 3.05) is 4.90 Å². The molecule has 1 atom stereocenters. The van der Waals surface area contributed by atoms with Gasteiger partial charge in [0.1, 0.15) is 5.41 Å². The second-order valence-electron chi connectivity index (χ2n) is 8.55. The summed E-state index contributed by atoms with van der Waals surface area (Å²) in [5, 5.41) is 0.959. The highest BCUT2D eigenvalue weighted by molar-refractivity contribution is 6.24. The highest BCUT2D eigenvalue weighted by Gasteiger charge is 2.50. The van der Waals surface area contributed by atoms with Gasteiger partial charge in [0.05, 0.1) is 28.8 Å². The standard InChI is InChI=1S/C23H20F3N3O/c1-22(2,23(24,25)26)19-10-8-13-11-14(7-9-16(13)28-19)21(30)29-18-12-27-17-6-4-3-5-15(17)20(18)29/h3-6,8,10,12,14H,7,9,11H2,1-2H3/t14-,29?/m1/s1. The van der Waals surface area contributed by atoms with Crippen LogP contribution in [0.3, 0.4) is 0 Å². The first-order valence-electron chi connectivity index (χ1n) is 9.96. The van der Waals surface area contributed by atoms with E-state index in [0.29, 0.717) is 25.0 Å². The predicted molar refractivity (Wildman–Crippen MR) is 108 cm³/mol. The van der Waals surface area contributed by atoms with Crippen molar-refractivity contribution >= 4 is 28.2 Å². The minimum atomic E-state index is -4.37. The van der Waals surface area contributed by atoms with Crippen LogP contribution < -0.4 is 4.90 Å². The second-order valence-corrected chi connectivity index (χ2v) is 8.55. The smallest absolute Gasteiger partial charge is 0.274 e. The number of aromatic nitrogens is 2. The van der Waals surface area contributed by atoms with Crippen molar-refractivity contribution in [1.29, 1.82) is 0 Å². The van der Waals surface area contributed by atoms with Gasteiger partial charge in [-0.1, -0.05) is 24.3 Å². The van der Waals surface area contributed by atoms with Crippen LogP contribution in [0.1, 0.15) is 37.2 Å². The maximum atomic E-state index is 13.4. The Bertz CT molecular complexity index is 1190. The van der Waals surface area contributed by atoms with E-state index < -0.39 is 11.6 Å². The number of alkyl halides is 3. The summed E-state index contributed by atoms with van der Waals surface area (Å²) in [6, 6.07) is 10.9. The number of aryl methyl sites for hydroxylation is 1. The Morgan fingerprint density at radius 1 is 1.13 bits per heavy atom. The van der Waals surface area contributed by atoms with E-state index in [1.54, 1.807) is 17.2 Å². The minimum Gasteiger partial charge on any atom is -0.274 e. The zero-order valence-electron chi connectivity index (χ0n) is 16.6. The predicted octanol–water partition coefficient (Wildman–Crippen LogP) is 5.25. The number of nitrogens with zero attached hydrogens (tertiary/aromatic N) is 3. The van der Waals surface area contributed by atoms with Gasteiger partial charge in [-0.15, -0.1) is 0 Å². The third-order valence-electron chi connectivity index (χ3n) is 6.33. The zero-order valence-corrected chi connectivity index (χ0v) is 16.6. The molecule has 3 heterocycles. The Morgan fingerprint density at radius 2 is 1.90 bits per heavy atom. The largest absolute Gasteiger partial charge is 0.399 e. The molecule has 2 aromatic heterocycles. The molecule has 30 heavy (non-hydrogen) atoms. The molecule has 154 valence electrons. The lowest BCUT2D eigenvalue weighted by Gasteiger charge is -2.29. The Hall–Kier alpha value is -2.96. The summed E-state index contributed by atoms with van der Waals surface area (Å²) < 4.78 is 40.1. The maximum Gasteiger partial charge on any atom is 0.399 e. The molecule has 1 amide bonds. The first kappa shape index (κ1) is 19.0. The van der Waals surface area contributed by atoms with Gasteiger partial charge in [0.2, 0.25) is 5.91 Å². The van der Waals surface area contributed by atoms with Crippen LogP contribution in [0.2, 0.25) is 0 Å². The van der Waals surface area contributed by atoms with E-state index in [1.807, 2.05) is 24.3 Å². The molecule has 0 bridgehead atoms. The lowest BCUT2D eigenvalue weighted by Crippen LogP contribution is -2.38. The molecule has 0 saturated carbocycles. The number of carbonyl (C=O) groups is 1. The molecule has 7 heteroatoms. The van der Waals surface area contributed by atoms with E-state index in [0.717, 1.165) is 41.7 Å². The van der Waals surface area contributed by atoms with Gasteiger partial charge in [-0.05, 0) is 50.8 Å². The number of anilines is 2. The maximum absolute atomic E-state index is 13.4. The van der Waals surface area contributed by atoms with Crippen molar-refractivity contribution < 1.29 is 18.0 Å². The van der Waals surface area contributed by atoms with Gasteiger partial charge in [-0.25, -0.2) is 0 Å². The van der Waals surface area contributed by atoms with Crippen LogP contribution in [0.25, 0.3) is 10.9 Å². The Labute approximate surface area is 171 Å². The highest BCUT2D eigenvalue weighted by atomic mass is 19.4. The van der Waals surface area contributed by atoms with Gasteiger partial charge in [-0.3, -0.25) is 19.7 Å². The van der Waals surface area contributed by atoms with Gasteiger partial charge in [0.25, 0.3) is 0 Å². The number of benzene rings is 1. The minimum absolute atomic E-state index is 0.0218. The van der Waals surface area contributed by atoms with Crippen LogP contribution in [0.4, 0.5) is 24.5 Å². The van der Waals surface area contributed by atoms with Crippen LogP contribution >= 0.6 is 0 Å². The summed E-state index contributed by atoms with van der Waals surface area (Å²) in [5.41, 5.74) is 2.14. The quantitative estimate of drug-likeness (QED) is 0.541. The molecule has 0 radical (unpaired) electrons. The number of hydrogen-bond donors (Lipinski definition) is 0. The fraction of sp³-hybridized carbons (Fsp3) is 0.348. The zero-order chi connectivity index (χ0) is 21.3. The van der Waals surface area contributed by atoms with E-state index >= 15 is 0 Å². The average Bonchev–Trinajstić information content (AvgIpc) is 3.46. The summed E-state index contributed by atoms with van der Waals surface area (Å²) in [4.78, 5) is 23.6. The van der Waals surface area contributed by atoms with Crippen molar-refractivity contribution in [2.45, 2.75) is 44.7 Å². The van der Waals surface area contributed by atoms with E-state index in [-0.39, 0.29) is 17.5 Å². The number of amides is 1. The van der Waals surface area contributed by atoms with Gasteiger partial charge in [-0.2, -0.15) is 13.2 Å². The highest BCUT2D eigenvalue weighted by Crippen LogP contribution is 2.53. The lowest BCUT2D eigenvalue weighted by atomic mass is 9.83. The van der Waals surface area contributed by atoms with Crippen LogP contribution in [0, 0.1) is 5.92 Å². The third kappa shape index (κ3) is 2.79. The van der Waals surface area contributed by atoms with Crippen LogP contribution in [-0.4, -0.2) is 22.1 Å². The summed E-state index contributed by atoms with van der Waals surface area (Å²) in [6.45, 7) is 2.29. The van der Waals surface area contributed by atoms with Crippen molar-refractivity contribution in [3.05, 3.63) is 59.5 Å². The van der Waals surface area contributed by atoms with Crippen LogP contribution in [0.15, 0.2) is 42.6 Å². The first-order valence-corrected chi connectivity index (χ1v) is 9.96. The molecule has 0 N–H and O–H groups in total. The summed E-state index contributed by atoms with van der Waals surface area (Å²) >= 11 is 0. The van der Waals surface area contributed by atoms with Crippen molar-refractivity contribution in [2.24, 2.45) is 5.92 Å². The molecule has 4 nitrogen and oxygen atoms in total. The van der Waals surface area contributed by atoms with Crippen molar-refractivity contribution in [3.63, 3.8) is 0 Å². The third-order valence-corrected chi connectivity index (χ3v) is 6.33. The topological polar surface area (TPSA) is 45.9 Å². The molecule has 0 spiro atoms. The summed E-state index contributed by atoms with van der Waals surface area (Å²) in [6.07, 6.45) is -1.09. The molecule has 0 saturated heterocycles. The number of carbonyl (C=O) groups excluding carboxylic acids is 1. The molecule has 5 rings (SSSR count). The number of halogens is 3. The lowest BCUT2D eigenvalue weighted by molar-refractivity contribution is -0.181. The van der Waals surface area contributed by atoms with Gasteiger partial charge in [0.15, 0.2) is 0 Å². The fourth-order valence-corrected chi connectivity index (χ4v) is 4.20. The number of rotatable bonds is 2. The monoisotopic (exact) mass is 411 g/mol. The molecule has 0 unspecified atom stereocenters. The average molecular weight is 411 g/mol. The first-order chi connectivity index (χ1) is 14.2. The van der Waals surface area contributed by atoms with Crippen LogP contribution in [0.5, 0.6) is 0 Å². The number of fused-ring (bicyclic) bond motifs is 4. The summed E-state index contributed by atoms with van der Waals surface area (Å²) in [7, 11) is 0. The molecular weight excluding hydrogens is 391 g/mol. The van der Waals surface area contributed by atoms with E-state index in [2.05, 4.69) is 9.97 Å². The normalized spacial score (nSPS) is 18.2. The van der Waals surface area contributed by atoms with E-state index in [1.165, 1.54) is 6.07 Å². The molecule has 1 aliphatic heterocycles. The number of para-hydroxylation sites is 1. The van der Waals surface area contributed by atoms with Crippen LogP contribution in [-0.2, 0) is 23.1 Å². The molecule has 1 aromatic carbocycles. The summed E-state index contributed by atoms with van der Waals surface area (Å²) in [5.74, 6) is -0.194. The van der Waals surface area contributed by atoms with Gasteiger partial charge in [0, 0.05) is 17.0 Å². The molecule has 1 aliphatic carbocycles. The van der Waals surface area contributed by atoms with Crippen molar-refractivity contribution in [3.8, 4) is 0 Å². The Balaban J connectivity index is 1.37. The molecular formula is C23H20F3N3O. The van der Waals surface area contributed by atoms with E-state index in [4.69, 9.17) is 0 Å². The number of hydrogen-bond acceptors (Lipinski definition) is 3. The SMILES string of the molecule is CC(C)(c1ccc2c(n1)CC[C@@H](C(=O)N1c3cnc4ccccc4c31)C2)C(F)(F)F. The van der Waals surface area contributed by atoms with Gasteiger partial charge < -0.3 is 0 Å². The second kappa shape index (κ2) is 6.27. The van der Waals surface area contributed by atoms with E-state index in [9.17, 15) is 18.0 Å². The molecule has 3 aromatic rings. The molecule has 2 aliphatic rings. The Kier molecular flexibility index (Phi) is 3.98. The number of pyridine rings is 2. The van der Waals surface area contributed by atoms with Gasteiger partial charge >= 0.3 is 6.18 Å². The Morgan fingerprint density at radius 3 is 2.67 bits per heavy atom. The van der Waals surface area contributed by atoms with Crippen molar-refractivity contribution in [1.82, 2.24) is 9.97 Å². The fourth-order valence-electron chi connectivity index (χ4n) is 4.20.